The van der Waals surface area contributed by atoms with Crippen molar-refractivity contribution in [3.05, 3.63) is 72.2 Å². The van der Waals surface area contributed by atoms with Crippen molar-refractivity contribution in [3.8, 4) is 11.8 Å². The number of esters is 1. The van der Waals surface area contributed by atoms with E-state index in [1.54, 1.807) is 29.2 Å². The Hall–Kier alpha value is -3.66. The summed E-state index contributed by atoms with van der Waals surface area (Å²) in [6, 6.07) is 14.9. The molecule has 0 aliphatic rings. The number of carbonyl (C=O) groups excluding carboxylic acids is 1. The Morgan fingerprint density at radius 2 is 2.08 bits per heavy atom. The van der Waals surface area contributed by atoms with Gasteiger partial charge in [-0.05, 0) is 24.3 Å². The Labute approximate surface area is 144 Å². The van der Waals surface area contributed by atoms with E-state index in [-0.39, 0.29) is 6.61 Å². The molecular formula is C18H15N5O2. The molecule has 3 aromatic rings. The SMILES string of the molecule is N#Cc1cccnc1NCCOC(=O)c1cnn(-c2ccccc2)c1. The molecule has 3 rings (SSSR count). The van der Waals surface area contributed by atoms with Crippen LogP contribution in [0.3, 0.4) is 0 Å². The lowest BCUT2D eigenvalue weighted by atomic mass is 10.3. The zero-order valence-corrected chi connectivity index (χ0v) is 13.3. The molecule has 7 nitrogen and oxygen atoms in total. The van der Waals surface area contributed by atoms with E-state index in [0.29, 0.717) is 23.5 Å². The number of nitrogens with one attached hydrogen (secondary N) is 1. The second-order valence-corrected chi connectivity index (χ2v) is 5.08. The Morgan fingerprint density at radius 1 is 1.24 bits per heavy atom. The fourth-order valence-electron chi connectivity index (χ4n) is 2.18. The molecule has 0 saturated carbocycles. The van der Waals surface area contributed by atoms with Crippen molar-refractivity contribution >= 4 is 11.8 Å². The number of hydrogen-bond acceptors (Lipinski definition) is 6. The molecule has 1 N–H and O–H groups in total. The van der Waals surface area contributed by atoms with Crippen LogP contribution in [0, 0.1) is 11.3 Å². The predicted molar refractivity (Wildman–Crippen MR) is 91.3 cm³/mol. The third-order valence-electron chi connectivity index (χ3n) is 3.39. The molecule has 0 aliphatic heterocycles. The van der Waals surface area contributed by atoms with Crippen molar-refractivity contribution in [1.29, 1.82) is 5.26 Å². The van der Waals surface area contributed by atoms with Gasteiger partial charge in [0.15, 0.2) is 0 Å². The first kappa shape index (κ1) is 16.2. The number of nitriles is 1. The van der Waals surface area contributed by atoms with E-state index in [1.165, 1.54) is 6.20 Å². The van der Waals surface area contributed by atoms with E-state index < -0.39 is 5.97 Å². The number of anilines is 1. The second-order valence-electron chi connectivity index (χ2n) is 5.08. The van der Waals surface area contributed by atoms with E-state index in [9.17, 15) is 4.79 Å². The summed E-state index contributed by atoms with van der Waals surface area (Å²) in [4.78, 5) is 16.1. The summed E-state index contributed by atoms with van der Waals surface area (Å²) >= 11 is 0. The van der Waals surface area contributed by atoms with Gasteiger partial charge in [0.25, 0.3) is 0 Å². The van der Waals surface area contributed by atoms with E-state index in [1.807, 2.05) is 36.4 Å². The number of hydrogen-bond donors (Lipinski definition) is 1. The zero-order valence-electron chi connectivity index (χ0n) is 13.3. The van der Waals surface area contributed by atoms with Crippen LogP contribution in [0.4, 0.5) is 5.82 Å². The summed E-state index contributed by atoms with van der Waals surface area (Å²) in [6.45, 7) is 0.501. The lowest BCUT2D eigenvalue weighted by Gasteiger charge is -2.07. The standard InChI is InChI=1S/C18H15N5O2/c19-11-14-5-4-8-20-17(14)21-9-10-25-18(24)15-12-22-23(13-15)16-6-2-1-3-7-16/h1-8,12-13H,9-10H2,(H,20,21). The molecule has 0 radical (unpaired) electrons. The highest BCUT2D eigenvalue weighted by molar-refractivity contribution is 5.88. The average Bonchev–Trinajstić information content (AvgIpc) is 3.16. The molecule has 1 aromatic carbocycles. The molecule has 0 atom stereocenters. The van der Waals surface area contributed by atoms with Gasteiger partial charge >= 0.3 is 5.97 Å². The Balaban J connectivity index is 1.52. The monoisotopic (exact) mass is 333 g/mol. The first-order chi connectivity index (χ1) is 12.3. The van der Waals surface area contributed by atoms with Gasteiger partial charge in [0.2, 0.25) is 0 Å². The van der Waals surface area contributed by atoms with E-state index in [2.05, 4.69) is 15.4 Å². The maximum atomic E-state index is 12.1. The van der Waals surface area contributed by atoms with Crippen molar-refractivity contribution in [2.75, 3.05) is 18.5 Å². The van der Waals surface area contributed by atoms with Crippen LogP contribution in [0.25, 0.3) is 5.69 Å². The van der Waals surface area contributed by atoms with Gasteiger partial charge < -0.3 is 10.1 Å². The van der Waals surface area contributed by atoms with Crippen LogP contribution < -0.4 is 5.32 Å². The molecule has 0 bridgehead atoms. The van der Waals surface area contributed by atoms with Gasteiger partial charge in [0.1, 0.15) is 18.5 Å². The van der Waals surface area contributed by atoms with Crippen LogP contribution in [-0.4, -0.2) is 33.9 Å². The number of carbonyl (C=O) groups is 1. The molecular weight excluding hydrogens is 318 g/mol. The molecule has 0 unspecified atom stereocenters. The molecule has 2 heterocycles. The fourth-order valence-corrected chi connectivity index (χ4v) is 2.18. The topological polar surface area (TPSA) is 92.8 Å². The third kappa shape index (κ3) is 4.00. The maximum Gasteiger partial charge on any atom is 0.341 e. The van der Waals surface area contributed by atoms with Gasteiger partial charge in [0.05, 0.1) is 29.6 Å². The van der Waals surface area contributed by atoms with Crippen LogP contribution in [0.5, 0.6) is 0 Å². The van der Waals surface area contributed by atoms with Crippen LogP contribution in [0.15, 0.2) is 61.1 Å². The lowest BCUT2D eigenvalue weighted by Crippen LogP contribution is -2.14. The maximum absolute atomic E-state index is 12.1. The molecule has 0 spiro atoms. The lowest BCUT2D eigenvalue weighted by molar-refractivity contribution is 0.0520. The Kier molecular flexibility index (Phi) is 5.02. The molecule has 0 saturated heterocycles. The van der Waals surface area contributed by atoms with Gasteiger partial charge in [-0.1, -0.05) is 18.2 Å². The fraction of sp³-hybridized carbons (Fsp3) is 0.111. The molecule has 7 heteroatoms. The smallest absolute Gasteiger partial charge is 0.341 e. The van der Waals surface area contributed by atoms with Gasteiger partial charge in [-0.15, -0.1) is 0 Å². The van der Waals surface area contributed by atoms with E-state index in [0.717, 1.165) is 5.69 Å². The van der Waals surface area contributed by atoms with Gasteiger partial charge in [0, 0.05) is 12.4 Å². The molecule has 25 heavy (non-hydrogen) atoms. The van der Waals surface area contributed by atoms with E-state index in [4.69, 9.17) is 10.00 Å². The number of benzene rings is 1. The highest BCUT2D eigenvalue weighted by Gasteiger charge is 2.11. The summed E-state index contributed by atoms with van der Waals surface area (Å²) in [6.07, 6.45) is 4.68. The highest BCUT2D eigenvalue weighted by Crippen LogP contribution is 2.10. The molecule has 0 fully saturated rings. The number of pyridine rings is 1. The summed E-state index contributed by atoms with van der Waals surface area (Å²) in [5.41, 5.74) is 1.68. The minimum absolute atomic E-state index is 0.150. The number of ether oxygens (including phenoxy) is 1. The number of rotatable bonds is 6. The molecule has 124 valence electrons. The van der Waals surface area contributed by atoms with Crippen LogP contribution in [0.1, 0.15) is 15.9 Å². The van der Waals surface area contributed by atoms with Crippen LogP contribution >= 0.6 is 0 Å². The van der Waals surface area contributed by atoms with Gasteiger partial charge in [-0.2, -0.15) is 10.4 Å². The summed E-state index contributed by atoms with van der Waals surface area (Å²) < 4.78 is 6.82. The van der Waals surface area contributed by atoms with Crippen molar-refractivity contribution in [3.63, 3.8) is 0 Å². The van der Waals surface area contributed by atoms with Crippen molar-refractivity contribution < 1.29 is 9.53 Å². The second kappa shape index (κ2) is 7.75. The number of para-hydroxylation sites is 1. The highest BCUT2D eigenvalue weighted by atomic mass is 16.5. The molecule has 2 aromatic heterocycles. The first-order valence-corrected chi connectivity index (χ1v) is 7.64. The van der Waals surface area contributed by atoms with Crippen molar-refractivity contribution in [2.45, 2.75) is 0 Å². The number of nitrogens with zero attached hydrogens (tertiary/aromatic N) is 4. The normalized spacial score (nSPS) is 10.0. The summed E-state index contributed by atoms with van der Waals surface area (Å²) in [5, 5.41) is 16.1. The minimum Gasteiger partial charge on any atom is -0.460 e. The summed E-state index contributed by atoms with van der Waals surface area (Å²) in [5.74, 6) is 0.0171. The van der Waals surface area contributed by atoms with Crippen molar-refractivity contribution in [1.82, 2.24) is 14.8 Å². The Bertz CT molecular complexity index is 899. The first-order valence-electron chi connectivity index (χ1n) is 7.64. The predicted octanol–water partition coefficient (Wildman–Crippen LogP) is 2.41. The van der Waals surface area contributed by atoms with Gasteiger partial charge in [-0.3, -0.25) is 0 Å². The quantitative estimate of drug-likeness (QED) is 0.550. The van der Waals surface area contributed by atoms with Crippen LogP contribution in [0.2, 0.25) is 0 Å². The van der Waals surface area contributed by atoms with Crippen LogP contribution in [-0.2, 0) is 4.74 Å². The largest absolute Gasteiger partial charge is 0.460 e. The average molecular weight is 333 g/mol. The Morgan fingerprint density at radius 3 is 2.88 bits per heavy atom. The third-order valence-corrected chi connectivity index (χ3v) is 3.39. The molecule has 0 amide bonds. The number of aromatic nitrogens is 3. The zero-order chi connectivity index (χ0) is 17.5. The van der Waals surface area contributed by atoms with Crippen molar-refractivity contribution in [2.24, 2.45) is 0 Å². The molecule has 0 aliphatic carbocycles. The van der Waals surface area contributed by atoms with Gasteiger partial charge in [-0.25, -0.2) is 14.5 Å². The van der Waals surface area contributed by atoms with E-state index >= 15 is 0 Å². The summed E-state index contributed by atoms with van der Waals surface area (Å²) in [7, 11) is 0. The minimum atomic E-state index is -0.453.